The molecule has 0 N–H and O–H groups in total. The van der Waals surface area contributed by atoms with Crippen LogP contribution in [0, 0.1) is 20.2 Å². The fourth-order valence-corrected chi connectivity index (χ4v) is 7.30. The lowest BCUT2D eigenvalue weighted by molar-refractivity contribution is -0.479. The van der Waals surface area contributed by atoms with Crippen molar-refractivity contribution in [2.45, 2.75) is 95.3 Å². The molecule has 1 aliphatic rings. The molecule has 14 nitrogen and oxygen atoms in total. The standard InChI is InChI=1S/C32H46N4O10SSi/c1-31(2,3)46-30(37)33-21-28(25(18-19-34(38)39)20-26(33)23-45-48(7,8)32(4,5)6)36(44-22-24-14-10-9-11-15-24)47(42,43)29-17-13-12-16-27(29)35(40)41/h9-17,20,26,28H,18-19,21-23H2,1-8H3. The van der Waals surface area contributed by atoms with Crippen molar-refractivity contribution in [2.75, 3.05) is 19.7 Å². The number of amides is 1. The van der Waals surface area contributed by atoms with Gasteiger partial charge in [-0.2, -0.15) is 0 Å². The summed E-state index contributed by atoms with van der Waals surface area (Å²) >= 11 is 0. The minimum absolute atomic E-state index is 0.0339. The van der Waals surface area contributed by atoms with E-state index in [1.54, 1.807) is 57.2 Å². The summed E-state index contributed by atoms with van der Waals surface area (Å²) in [6, 6.07) is 11.4. The summed E-state index contributed by atoms with van der Waals surface area (Å²) in [6.07, 6.45) is 0.656. The van der Waals surface area contributed by atoms with E-state index in [4.69, 9.17) is 14.0 Å². The van der Waals surface area contributed by atoms with Gasteiger partial charge in [0.2, 0.25) is 6.54 Å². The maximum atomic E-state index is 14.4. The number of carbonyl (C=O) groups is 1. The minimum atomic E-state index is -4.82. The number of ether oxygens (including phenoxy) is 1. The average molecular weight is 707 g/mol. The predicted octanol–water partition coefficient (Wildman–Crippen LogP) is 6.32. The molecular formula is C32H46N4O10SSi. The molecule has 16 heteroatoms. The second-order valence-corrected chi connectivity index (χ2v) is 20.6. The molecule has 0 fully saturated rings. The summed E-state index contributed by atoms with van der Waals surface area (Å²) < 4.78 is 41.6. The molecule has 3 rings (SSSR count). The van der Waals surface area contributed by atoms with Crippen LogP contribution in [0.15, 0.2) is 71.1 Å². The number of hydrogen-bond acceptors (Lipinski definition) is 10. The number of hydroxylamine groups is 1. The van der Waals surface area contributed by atoms with Crippen molar-refractivity contribution in [3.8, 4) is 0 Å². The first-order valence-electron chi connectivity index (χ1n) is 15.5. The Bertz CT molecular complexity index is 1600. The van der Waals surface area contributed by atoms with Gasteiger partial charge in [0.1, 0.15) is 5.60 Å². The number of nitro benzene ring substituents is 1. The summed E-state index contributed by atoms with van der Waals surface area (Å²) in [7, 11) is -7.17. The van der Waals surface area contributed by atoms with Crippen LogP contribution in [0.3, 0.4) is 0 Å². The highest BCUT2D eigenvalue weighted by atomic mass is 32.2. The molecule has 0 radical (unpaired) electrons. The van der Waals surface area contributed by atoms with Crippen LogP contribution in [0.5, 0.6) is 0 Å². The molecule has 0 aliphatic carbocycles. The first-order chi connectivity index (χ1) is 22.1. The van der Waals surface area contributed by atoms with E-state index in [2.05, 4.69) is 20.8 Å². The van der Waals surface area contributed by atoms with E-state index in [9.17, 15) is 33.4 Å². The van der Waals surface area contributed by atoms with Gasteiger partial charge in [0, 0.05) is 24.0 Å². The zero-order valence-electron chi connectivity index (χ0n) is 28.7. The second kappa shape index (κ2) is 15.2. The van der Waals surface area contributed by atoms with Crippen LogP contribution in [0.1, 0.15) is 53.5 Å². The summed E-state index contributed by atoms with van der Waals surface area (Å²) in [5.74, 6) is 0. The molecule has 2 aromatic carbocycles. The normalized spacial score (nSPS) is 17.6. The third-order valence-corrected chi connectivity index (χ3v) is 14.5. The van der Waals surface area contributed by atoms with Gasteiger partial charge in [-0.15, -0.1) is 0 Å². The SMILES string of the molecule is CC(C)(C)OC(=O)N1CC(N(OCc2ccccc2)S(=O)(=O)c2ccccc2[N+](=O)[O-])C(CC[N+](=O)[O-])=CC1CO[Si](C)(C)C(C)(C)C. The monoisotopic (exact) mass is 706 g/mol. The van der Waals surface area contributed by atoms with Crippen molar-refractivity contribution in [3.05, 3.63) is 92.0 Å². The number of nitro groups is 2. The average Bonchev–Trinajstić information content (AvgIpc) is 2.98. The van der Waals surface area contributed by atoms with Crippen LogP contribution >= 0.6 is 0 Å². The number of para-hydroxylation sites is 1. The smallest absolute Gasteiger partial charge is 0.410 e. The van der Waals surface area contributed by atoms with Crippen molar-refractivity contribution >= 4 is 30.1 Å². The fraction of sp³-hybridized carbons (Fsp3) is 0.531. The molecule has 0 saturated heterocycles. The number of nitrogens with zero attached hydrogens (tertiary/aromatic N) is 4. The molecule has 2 unspecified atom stereocenters. The van der Waals surface area contributed by atoms with E-state index in [1.165, 1.54) is 17.0 Å². The Balaban J connectivity index is 2.22. The van der Waals surface area contributed by atoms with Gasteiger partial charge in [0.05, 0.1) is 30.2 Å². The quantitative estimate of drug-likeness (QED) is 0.0993. The van der Waals surface area contributed by atoms with Crippen LogP contribution in [-0.4, -0.2) is 79.4 Å². The highest BCUT2D eigenvalue weighted by Gasteiger charge is 2.45. The largest absolute Gasteiger partial charge is 0.444 e. The first-order valence-corrected chi connectivity index (χ1v) is 19.9. The molecule has 1 amide bonds. The van der Waals surface area contributed by atoms with Crippen molar-refractivity contribution < 1.29 is 37.1 Å². The van der Waals surface area contributed by atoms with E-state index in [0.717, 1.165) is 12.1 Å². The van der Waals surface area contributed by atoms with Gasteiger partial charge in [-0.25, -0.2) is 13.2 Å². The molecule has 0 saturated carbocycles. The van der Waals surface area contributed by atoms with Gasteiger partial charge in [-0.1, -0.05) is 73.8 Å². The topological polar surface area (TPSA) is 172 Å². The Morgan fingerprint density at radius 2 is 1.60 bits per heavy atom. The molecular weight excluding hydrogens is 661 g/mol. The Labute approximate surface area is 283 Å². The lowest BCUT2D eigenvalue weighted by atomic mass is 9.96. The maximum Gasteiger partial charge on any atom is 0.410 e. The van der Waals surface area contributed by atoms with Gasteiger partial charge in [-0.05, 0) is 56.1 Å². The summed E-state index contributed by atoms with van der Waals surface area (Å²) in [6.45, 7) is 14.3. The molecule has 0 bridgehead atoms. The second-order valence-electron chi connectivity index (χ2n) is 14.1. The summed E-state index contributed by atoms with van der Waals surface area (Å²) in [4.78, 5) is 42.6. The number of rotatable bonds is 13. The number of benzene rings is 2. The maximum absolute atomic E-state index is 14.4. The lowest BCUT2D eigenvalue weighted by Crippen LogP contribution is -2.57. The van der Waals surface area contributed by atoms with Crippen LogP contribution in [0.2, 0.25) is 18.1 Å². The molecule has 0 aromatic heterocycles. The van der Waals surface area contributed by atoms with E-state index in [-0.39, 0.29) is 31.2 Å². The van der Waals surface area contributed by atoms with E-state index >= 15 is 0 Å². The number of carbonyl (C=O) groups excluding carboxylic acids is 1. The van der Waals surface area contributed by atoms with E-state index in [0.29, 0.717) is 15.6 Å². The van der Waals surface area contributed by atoms with Crippen molar-refractivity contribution in [2.24, 2.45) is 0 Å². The fourth-order valence-electron chi connectivity index (χ4n) is 4.70. The summed E-state index contributed by atoms with van der Waals surface area (Å²) in [5.41, 5.74) is -0.697. The third kappa shape index (κ3) is 9.91. The molecule has 2 atom stereocenters. The van der Waals surface area contributed by atoms with Crippen LogP contribution < -0.4 is 0 Å². The molecule has 0 spiro atoms. The highest BCUT2D eigenvalue weighted by Crippen LogP contribution is 2.38. The van der Waals surface area contributed by atoms with E-state index in [1.807, 2.05) is 13.1 Å². The van der Waals surface area contributed by atoms with E-state index < -0.39 is 69.1 Å². The minimum Gasteiger partial charge on any atom is -0.444 e. The Hall–Kier alpha value is -3.70. The Kier molecular flexibility index (Phi) is 12.3. The van der Waals surface area contributed by atoms with Gasteiger partial charge in [0.25, 0.3) is 15.7 Å². The van der Waals surface area contributed by atoms with Crippen LogP contribution in [-0.2, 0) is 30.6 Å². The zero-order valence-corrected chi connectivity index (χ0v) is 30.6. The number of hydrogen-bond donors (Lipinski definition) is 0. The van der Waals surface area contributed by atoms with Gasteiger partial charge in [0.15, 0.2) is 13.2 Å². The molecule has 1 aliphatic heterocycles. The summed E-state index contributed by atoms with van der Waals surface area (Å²) in [5, 5.41) is 23.4. The highest BCUT2D eigenvalue weighted by molar-refractivity contribution is 7.89. The van der Waals surface area contributed by atoms with Crippen LogP contribution in [0.4, 0.5) is 10.5 Å². The van der Waals surface area contributed by atoms with Crippen molar-refractivity contribution in [3.63, 3.8) is 0 Å². The van der Waals surface area contributed by atoms with Gasteiger partial charge in [-0.3, -0.25) is 30.0 Å². The molecule has 48 heavy (non-hydrogen) atoms. The number of sulfonamides is 1. The van der Waals surface area contributed by atoms with Gasteiger partial charge >= 0.3 is 6.09 Å². The molecule has 2 aromatic rings. The van der Waals surface area contributed by atoms with Crippen LogP contribution in [0.25, 0.3) is 0 Å². The molecule has 1 heterocycles. The zero-order chi connectivity index (χ0) is 36.1. The lowest BCUT2D eigenvalue weighted by Gasteiger charge is -2.43. The predicted molar refractivity (Wildman–Crippen MR) is 182 cm³/mol. The molecule has 264 valence electrons. The Morgan fingerprint density at radius 1 is 1.00 bits per heavy atom. The van der Waals surface area contributed by atoms with Gasteiger partial charge < -0.3 is 9.16 Å². The van der Waals surface area contributed by atoms with Crippen molar-refractivity contribution in [1.29, 1.82) is 0 Å². The first kappa shape index (κ1) is 38.7. The third-order valence-electron chi connectivity index (χ3n) is 8.27. The van der Waals surface area contributed by atoms with Crippen molar-refractivity contribution in [1.82, 2.24) is 9.37 Å². The Morgan fingerprint density at radius 3 is 2.17 bits per heavy atom.